The molecule has 5 heteroatoms. The predicted octanol–water partition coefficient (Wildman–Crippen LogP) is 1.44. The minimum atomic E-state index is -0.964. The molecule has 0 amide bonds. The Kier molecular flexibility index (Phi) is 2.76. The number of rotatable bonds is 2. The third kappa shape index (κ3) is 2.31. The summed E-state index contributed by atoms with van der Waals surface area (Å²) in [5.74, 6) is -0.215. The Morgan fingerprint density at radius 3 is 2.62 bits per heavy atom. The van der Waals surface area contributed by atoms with E-state index in [-0.39, 0.29) is 6.61 Å². The molecule has 0 aliphatic carbocycles. The second kappa shape index (κ2) is 4.22. The highest BCUT2D eigenvalue weighted by molar-refractivity contribution is 5.81. The quantitative estimate of drug-likeness (QED) is 0.559. The summed E-state index contributed by atoms with van der Waals surface area (Å²) in [6.07, 6.45) is -1.81. The van der Waals surface area contributed by atoms with Crippen LogP contribution in [0.2, 0.25) is 0 Å². The van der Waals surface area contributed by atoms with Gasteiger partial charge in [-0.3, -0.25) is 0 Å². The van der Waals surface area contributed by atoms with Crippen molar-refractivity contribution in [3.63, 3.8) is 0 Å². The molecular formula is C11H10O5. The van der Waals surface area contributed by atoms with Crippen LogP contribution in [0.5, 0.6) is 5.75 Å². The summed E-state index contributed by atoms with van der Waals surface area (Å²) < 4.78 is 14.1. The van der Waals surface area contributed by atoms with Crippen LogP contribution in [0.1, 0.15) is 5.56 Å². The lowest BCUT2D eigenvalue weighted by atomic mass is 10.2. The standard InChI is InChI=1S/C11H10O5/c1-7-2-4-8(5-3-7)15-10(12)9-6-14-11(13)16-9/h2-5,9H,6H2,1H3. The number of hydrogen-bond donors (Lipinski definition) is 0. The van der Waals surface area contributed by atoms with E-state index < -0.39 is 18.2 Å². The van der Waals surface area contributed by atoms with E-state index in [1.807, 2.05) is 19.1 Å². The molecule has 84 valence electrons. The molecule has 0 spiro atoms. The maximum atomic E-state index is 11.5. The molecular weight excluding hydrogens is 212 g/mol. The van der Waals surface area contributed by atoms with Gasteiger partial charge in [-0.1, -0.05) is 17.7 Å². The number of ether oxygens (including phenoxy) is 3. The summed E-state index contributed by atoms with van der Waals surface area (Å²) in [6.45, 7) is 1.84. The number of aryl methyl sites for hydroxylation is 1. The van der Waals surface area contributed by atoms with Crippen molar-refractivity contribution in [3.8, 4) is 5.75 Å². The van der Waals surface area contributed by atoms with Crippen molar-refractivity contribution in [2.45, 2.75) is 13.0 Å². The zero-order valence-corrected chi connectivity index (χ0v) is 8.64. The van der Waals surface area contributed by atoms with Crippen molar-refractivity contribution in [3.05, 3.63) is 29.8 Å². The fourth-order valence-electron chi connectivity index (χ4n) is 1.23. The molecule has 1 heterocycles. The van der Waals surface area contributed by atoms with Gasteiger partial charge >= 0.3 is 12.1 Å². The summed E-state index contributed by atoms with van der Waals surface area (Å²) in [4.78, 5) is 22.1. The minimum Gasteiger partial charge on any atom is -0.430 e. The molecule has 1 atom stereocenters. The minimum absolute atomic E-state index is 0.0937. The average Bonchev–Trinajstić information content (AvgIpc) is 2.68. The molecule has 1 aliphatic rings. The molecule has 1 aliphatic heterocycles. The Morgan fingerprint density at radius 1 is 1.38 bits per heavy atom. The second-order valence-corrected chi connectivity index (χ2v) is 3.40. The summed E-state index contributed by atoms with van der Waals surface area (Å²) in [5.41, 5.74) is 1.07. The number of benzene rings is 1. The Balaban J connectivity index is 1.97. The Morgan fingerprint density at radius 2 is 2.06 bits per heavy atom. The first kappa shape index (κ1) is 10.5. The molecule has 1 saturated heterocycles. The van der Waals surface area contributed by atoms with Crippen LogP contribution in [0, 0.1) is 6.92 Å². The SMILES string of the molecule is Cc1ccc(OC(=O)C2COC(=O)O2)cc1. The molecule has 0 saturated carbocycles. The van der Waals surface area contributed by atoms with Crippen LogP contribution >= 0.6 is 0 Å². The number of esters is 1. The van der Waals surface area contributed by atoms with Crippen LogP contribution in [-0.4, -0.2) is 24.8 Å². The van der Waals surface area contributed by atoms with E-state index in [9.17, 15) is 9.59 Å². The van der Waals surface area contributed by atoms with E-state index in [2.05, 4.69) is 9.47 Å². The van der Waals surface area contributed by atoms with Gasteiger partial charge in [0, 0.05) is 0 Å². The lowest BCUT2D eigenvalue weighted by Crippen LogP contribution is -2.27. The zero-order chi connectivity index (χ0) is 11.5. The summed E-state index contributed by atoms with van der Waals surface area (Å²) in [7, 11) is 0. The molecule has 0 aromatic heterocycles. The fraction of sp³-hybridized carbons (Fsp3) is 0.273. The number of cyclic esters (lactones) is 2. The highest BCUT2D eigenvalue weighted by atomic mass is 16.8. The normalized spacial score (nSPS) is 18.8. The first-order valence-electron chi connectivity index (χ1n) is 4.77. The predicted molar refractivity (Wildman–Crippen MR) is 53.0 cm³/mol. The van der Waals surface area contributed by atoms with E-state index in [4.69, 9.17) is 4.74 Å². The van der Waals surface area contributed by atoms with E-state index in [0.717, 1.165) is 5.56 Å². The summed E-state index contributed by atoms with van der Waals surface area (Å²) in [5, 5.41) is 0. The van der Waals surface area contributed by atoms with Gasteiger partial charge in [0.15, 0.2) is 0 Å². The monoisotopic (exact) mass is 222 g/mol. The van der Waals surface area contributed by atoms with E-state index in [0.29, 0.717) is 5.75 Å². The van der Waals surface area contributed by atoms with Crippen LogP contribution < -0.4 is 4.74 Å². The maximum Gasteiger partial charge on any atom is 0.509 e. The number of hydrogen-bond acceptors (Lipinski definition) is 5. The molecule has 16 heavy (non-hydrogen) atoms. The van der Waals surface area contributed by atoms with Crippen molar-refractivity contribution in [2.75, 3.05) is 6.61 Å². The molecule has 0 N–H and O–H groups in total. The summed E-state index contributed by atoms with van der Waals surface area (Å²) >= 11 is 0. The first-order chi connectivity index (χ1) is 7.65. The van der Waals surface area contributed by atoms with Crippen LogP contribution in [-0.2, 0) is 14.3 Å². The number of carbonyl (C=O) groups excluding carboxylic acids is 2. The third-order valence-corrected chi connectivity index (χ3v) is 2.09. The second-order valence-electron chi connectivity index (χ2n) is 3.40. The van der Waals surface area contributed by atoms with Crippen LogP contribution in [0.15, 0.2) is 24.3 Å². The molecule has 0 bridgehead atoms. The third-order valence-electron chi connectivity index (χ3n) is 2.09. The zero-order valence-electron chi connectivity index (χ0n) is 8.64. The fourth-order valence-corrected chi connectivity index (χ4v) is 1.23. The van der Waals surface area contributed by atoms with Gasteiger partial charge in [0.05, 0.1) is 0 Å². The Bertz CT molecular complexity index is 409. The first-order valence-corrected chi connectivity index (χ1v) is 4.77. The molecule has 5 nitrogen and oxygen atoms in total. The van der Waals surface area contributed by atoms with Gasteiger partial charge in [-0.05, 0) is 19.1 Å². The van der Waals surface area contributed by atoms with Crippen molar-refractivity contribution in [2.24, 2.45) is 0 Å². The molecule has 1 aromatic rings. The van der Waals surface area contributed by atoms with Crippen molar-refractivity contribution in [1.29, 1.82) is 0 Å². The lowest BCUT2D eigenvalue weighted by Gasteiger charge is -2.06. The van der Waals surface area contributed by atoms with Gasteiger partial charge in [-0.25, -0.2) is 9.59 Å². The van der Waals surface area contributed by atoms with Gasteiger partial charge in [0.25, 0.3) is 0 Å². The summed E-state index contributed by atoms with van der Waals surface area (Å²) in [6, 6.07) is 6.98. The van der Waals surface area contributed by atoms with Crippen LogP contribution in [0.3, 0.4) is 0 Å². The van der Waals surface area contributed by atoms with Crippen molar-refractivity contribution < 1.29 is 23.8 Å². The largest absolute Gasteiger partial charge is 0.509 e. The average molecular weight is 222 g/mol. The number of carbonyl (C=O) groups is 2. The van der Waals surface area contributed by atoms with Gasteiger partial charge in [-0.2, -0.15) is 0 Å². The van der Waals surface area contributed by atoms with Gasteiger partial charge in [0.2, 0.25) is 6.10 Å². The van der Waals surface area contributed by atoms with Gasteiger partial charge in [-0.15, -0.1) is 0 Å². The highest BCUT2D eigenvalue weighted by Crippen LogP contribution is 2.14. The van der Waals surface area contributed by atoms with E-state index >= 15 is 0 Å². The Hall–Kier alpha value is -2.04. The molecule has 1 fully saturated rings. The lowest BCUT2D eigenvalue weighted by molar-refractivity contribution is -0.142. The van der Waals surface area contributed by atoms with Crippen LogP contribution in [0.4, 0.5) is 4.79 Å². The van der Waals surface area contributed by atoms with Crippen LogP contribution in [0.25, 0.3) is 0 Å². The molecule has 0 radical (unpaired) electrons. The van der Waals surface area contributed by atoms with Crippen molar-refractivity contribution >= 4 is 12.1 Å². The Labute approximate surface area is 91.9 Å². The maximum absolute atomic E-state index is 11.5. The van der Waals surface area contributed by atoms with E-state index in [1.165, 1.54) is 0 Å². The smallest absolute Gasteiger partial charge is 0.430 e. The van der Waals surface area contributed by atoms with Gasteiger partial charge in [0.1, 0.15) is 12.4 Å². The highest BCUT2D eigenvalue weighted by Gasteiger charge is 2.33. The molecule has 2 rings (SSSR count). The van der Waals surface area contributed by atoms with Crippen molar-refractivity contribution in [1.82, 2.24) is 0 Å². The topological polar surface area (TPSA) is 61.8 Å². The van der Waals surface area contributed by atoms with E-state index in [1.54, 1.807) is 12.1 Å². The van der Waals surface area contributed by atoms with Gasteiger partial charge < -0.3 is 14.2 Å². The molecule has 1 aromatic carbocycles. The molecule has 1 unspecified atom stereocenters.